The second-order valence-corrected chi connectivity index (χ2v) is 5.70. The molecule has 0 aliphatic heterocycles. The molecule has 2 heterocycles. The van der Waals surface area contributed by atoms with Crippen LogP contribution in [0.5, 0.6) is 0 Å². The van der Waals surface area contributed by atoms with Gasteiger partial charge in [-0.05, 0) is 31.5 Å². The van der Waals surface area contributed by atoms with E-state index in [9.17, 15) is 0 Å². The van der Waals surface area contributed by atoms with Gasteiger partial charge >= 0.3 is 0 Å². The summed E-state index contributed by atoms with van der Waals surface area (Å²) in [6.07, 6.45) is 6.44. The normalized spacial score (nSPS) is 11.1. The number of para-hydroxylation sites is 1. The SMILES string of the molecule is CCNC(=NCc1nncn1-c1ccccc1)NCCCn1cccn1.I. The lowest BCUT2D eigenvalue weighted by molar-refractivity contribution is 0.570. The third-order valence-corrected chi connectivity index (χ3v) is 3.79. The van der Waals surface area contributed by atoms with E-state index in [4.69, 9.17) is 0 Å². The largest absolute Gasteiger partial charge is 0.357 e. The number of aliphatic imine (C=N–C) groups is 1. The Labute approximate surface area is 176 Å². The first-order chi connectivity index (χ1) is 12.9. The van der Waals surface area contributed by atoms with Crippen LogP contribution in [0.4, 0.5) is 0 Å². The Morgan fingerprint density at radius 1 is 1.15 bits per heavy atom. The molecule has 0 unspecified atom stereocenters. The molecular weight excluding hydrogens is 455 g/mol. The van der Waals surface area contributed by atoms with Gasteiger partial charge in [-0.2, -0.15) is 5.10 Å². The van der Waals surface area contributed by atoms with Crippen molar-refractivity contribution in [3.05, 3.63) is 60.9 Å². The highest BCUT2D eigenvalue weighted by atomic mass is 127. The number of nitrogens with zero attached hydrogens (tertiary/aromatic N) is 6. The van der Waals surface area contributed by atoms with Gasteiger partial charge in [-0.1, -0.05) is 18.2 Å². The van der Waals surface area contributed by atoms with Crippen molar-refractivity contribution in [2.24, 2.45) is 4.99 Å². The molecule has 8 nitrogen and oxygen atoms in total. The third kappa shape index (κ3) is 6.35. The number of guanidine groups is 1. The van der Waals surface area contributed by atoms with Crippen LogP contribution < -0.4 is 10.6 Å². The highest BCUT2D eigenvalue weighted by Gasteiger charge is 2.06. The molecule has 0 aliphatic rings. The van der Waals surface area contributed by atoms with Crippen molar-refractivity contribution in [2.45, 2.75) is 26.4 Å². The number of nitrogens with one attached hydrogen (secondary N) is 2. The van der Waals surface area contributed by atoms with Gasteiger partial charge in [0.05, 0.1) is 0 Å². The summed E-state index contributed by atoms with van der Waals surface area (Å²) in [7, 11) is 0. The Hall–Kier alpha value is -2.43. The Kier molecular flexibility index (Phi) is 8.75. The highest BCUT2D eigenvalue weighted by Crippen LogP contribution is 2.09. The first-order valence-corrected chi connectivity index (χ1v) is 8.80. The van der Waals surface area contributed by atoms with Gasteiger partial charge < -0.3 is 10.6 Å². The first-order valence-electron chi connectivity index (χ1n) is 8.80. The monoisotopic (exact) mass is 480 g/mol. The van der Waals surface area contributed by atoms with Crippen LogP contribution in [0.1, 0.15) is 19.2 Å². The van der Waals surface area contributed by atoms with E-state index in [1.807, 2.05) is 58.8 Å². The van der Waals surface area contributed by atoms with Gasteiger partial charge in [0.15, 0.2) is 11.8 Å². The van der Waals surface area contributed by atoms with Crippen molar-refractivity contribution >= 4 is 29.9 Å². The number of halogens is 1. The molecule has 0 saturated heterocycles. The Bertz CT molecular complexity index is 798. The predicted molar refractivity (Wildman–Crippen MR) is 116 cm³/mol. The van der Waals surface area contributed by atoms with Crippen molar-refractivity contribution in [3.63, 3.8) is 0 Å². The van der Waals surface area contributed by atoms with Crippen LogP contribution in [0.2, 0.25) is 0 Å². The second-order valence-electron chi connectivity index (χ2n) is 5.70. The first kappa shape index (κ1) is 20.9. The number of aromatic nitrogens is 5. The zero-order valence-corrected chi connectivity index (χ0v) is 17.7. The standard InChI is InChI=1S/C18H24N8.HI/c1-2-19-18(20-10-6-12-25-13-7-11-23-25)21-14-17-24-22-15-26(17)16-8-4-3-5-9-16;/h3-5,7-9,11,13,15H,2,6,10,12,14H2,1H3,(H2,19,20,21);1H. The van der Waals surface area contributed by atoms with E-state index >= 15 is 0 Å². The van der Waals surface area contributed by atoms with Crippen molar-refractivity contribution in [2.75, 3.05) is 13.1 Å². The molecule has 0 spiro atoms. The van der Waals surface area contributed by atoms with Crippen LogP contribution in [0.25, 0.3) is 5.69 Å². The molecule has 2 aromatic heterocycles. The smallest absolute Gasteiger partial charge is 0.191 e. The maximum Gasteiger partial charge on any atom is 0.191 e. The lowest BCUT2D eigenvalue weighted by Crippen LogP contribution is -2.38. The lowest BCUT2D eigenvalue weighted by atomic mass is 10.3. The lowest BCUT2D eigenvalue weighted by Gasteiger charge is -2.11. The number of hydrogen-bond donors (Lipinski definition) is 2. The van der Waals surface area contributed by atoms with Crippen molar-refractivity contribution in [3.8, 4) is 5.69 Å². The summed E-state index contributed by atoms with van der Waals surface area (Å²) in [6, 6.07) is 12.0. The van der Waals surface area contributed by atoms with E-state index in [2.05, 4.69) is 30.9 Å². The fraction of sp³-hybridized carbons (Fsp3) is 0.333. The maximum absolute atomic E-state index is 4.63. The van der Waals surface area contributed by atoms with Crippen molar-refractivity contribution < 1.29 is 0 Å². The van der Waals surface area contributed by atoms with Crippen molar-refractivity contribution in [1.29, 1.82) is 0 Å². The predicted octanol–water partition coefficient (Wildman–Crippen LogP) is 2.23. The summed E-state index contributed by atoms with van der Waals surface area (Å²) in [6.45, 7) is 4.99. The van der Waals surface area contributed by atoms with Gasteiger partial charge in [-0.25, -0.2) is 4.99 Å². The number of rotatable bonds is 8. The van der Waals surface area contributed by atoms with Gasteiger partial charge in [-0.3, -0.25) is 9.25 Å². The van der Waals surface area contributed by atoms with E-state index in [0.29, 0.717) is 6.54 Å². The molecule has 1 aromatic carbocycles. The molecule has 0 saturated carbocycles. The summed E-state index contributed by atoms with van der Waals surface area (Å²) >= 11 is 0. The number of benzene rings is 1. The van der Waals surface area contributed by atoms with Crippen LogP contribution in [-0.2, 0) is 13.1 Å². The van der Waals surface area contributed by atoms with Crippen LogP contribution >= 0.6 is 24.0 Å². The molecule has 2 N–H and O–H groups in total. The average molecular weight is 480 g/mol. The topological polar surface area (TPSA) is 85.0 Å². The summed E-state index contributed by atoms with van der Waals surface area (Å²) in [5, 5.41) is 19.0. The maximum atomic E-state index is 4.63. The minimum atomic E-state index is 0. The second kappa shape index (κ2) is 11.3. The molecule has 0 fully saturated rings. The molecule has 9 heteroatoms. The van der Waals surface area contributed by atoms with E-state index in [1.54, 1.807) is 12.5 Å². The van der Waals surface area contributed by atoms with Gasteiger partial charge in [0.2, 0.25) is 0 Å². The fourth-order valence-corrected chi connectivity index (χ4v) is 2.54. The molecule has 3 aromatic rings. The van der Waals surface area contributed by atoms with E-state index in [-0.39, 0.29) is 24.0 Å². The minimum absolute atomic E-state index is 0. The fourth-order valence-electron chi connectivity index (χ4n) is 2.54. The third-order valence-electron chi connectivity index (χ3n) is 3.79. The molecule has 0 aliphatic carbocycles. The van der Waals surface area contributed by atoms with Gasteiger partial charge in [0.25, 0.3) is 0 Å². The van der Waals surface area contributed by atoms with Gasteiger partial charge in [-0.15, -0.1) is 34.2 Å². The Morgan fingerprint density at radius 2 is 2.00 bits per heavy atom. The molecule has 0 atom stereocenters. The molecule has 0 bridgehead atoms. The number of hydrogen-bond acceptors (Lipinski definition) is 4. The van der Waals surface area contributed by atoms with Crippen LogP contribution in [0.15, 0.2) is 60.1 Å². The highest BCUT2D eigenvalue weighted by molar-refractivity contribution is 14.0. The molecule has 27 heavy (non-hydrogen) atoms. The summed E-state index contributed by atoms with van der Waals surface area (Å²) < 4.78 is 3.87. The average Bonchev–Trinajstić information content (AvgIpc) is 3.35. The summed E-state index contributed by atoms with van der Waals surface area (Å²) in [4.78, 5) is 4.63. The van der Waals surface area contributed by atoms with Crippen LogP contribution in [0.3, 0.4) is 0 Å². The number of aryl methyl sites for hydroxylation is 1. The molecule has 3 rings (SSSR count). The van der Waals surface area contributed by atoms with Gasteiger partial charge in [0, 0.05) is 37.7 Å². The molecule has 0 amide bonds. The zero-order chi connectivity index (χ0) is 18.0. The van der Waals surface area contributed by atoms with Gasteiger partial charge in [0.1, 0.15) is 12.9 Å². The van der Waals surface area contributed by atoms with E-state index in [0.717, 1.165) is 43.5 Å². The Morgan fingerprint density at radius 3 is 2.74 bits per heavy atom. The molecular formula is C18H25IN8. The Balaban J connectivity index is 0.00000261. The molecule has 144 valence electrons. The van der Waals surface area contributed by atoms with E-state index in [1.165, 1.54) is 0 Å². The zero-order valence-electron chi connectivity index (χ0n) is 15.3. The van der Waals surface area contributed by atoms with Crippen molar-refractivity contribution in [1.82, 2.24) is 35.2 Å². The minimum Gasteiger partial charge on any atom is -0.357 e. The van der Waals surface area contributed by atoms with Crippen LogP contribution in [0, 0.1) is 0 Å². The molecule has 0 radical (unpaired) electrons. The van der Waals surface area contributed by atoms with E-state index < -0.39 is 0 Å². The van der Waals surface area contributed by atoms with Crippen LogP contribution in [-0.4, -0.2) is 43.6 Å². The summed E-state index contributed by atoms with van der Waals surface area (Å²) in [5.74, 6) is 1.57. The quantitative estimate of drug-likeness (QED) is 0.224. The summed E-state index contributed by atoms with van der Waals surface area (Å²) in [5.41, 5.74) is 1.03.